The van der Waals surface area contributed by atoms with E-state index in [9.17, 15) is 9.59 Å². The Morgan fingerprint density at radius 2 is 1.81 bits per heavy atom. The van der Waals surface area contributed by atoms with Crippen LogP contribution < -0.4 is 19.7 Å². The monoisotopic (exact) mass is 524 g/mol. The Morgan fingerprint density at radius 1 is 1.03 bits per heavy atom. The molecule has 0 aromatic heterocycles. The summed E-state index contributed by atoms with van der Waals surface area (Å²) in [6, 6.07) is 21.0. The van der Waals surface area contributed by atoms with Crippen molar-refractivity contribution in [3.8, 4) is 11.5 Å². The van der Waals surface area contributed by atoms with E-state index < -0.39 is 11.2 Å². The highest BCUT2D eigenvalue weighted by molar-refractivity contribution is 8.01. The second-order valence-electron chi connectivity index (χ2n) is 8.58. The number of carbonyl (C=O) groups is 2. The molecule has 3 aromatic rings. The van der Waals surface area contributed by atoms with Crippen LogP contribution in [0.3, 0.4) is 0 Å². The van der Waals surface area contributed by atoms with Crippen molar-refractivity contribution in [1.82, 2.24) is 5.32 Å². The molecule has 3 aromatic carbocycles. The Hall–Kier alpha value is -3.16. The molecule has 1 N–H and O–H groups in total. The predicted octanol–water partition coefficient (Wildman–Crippen LogP) is 5.36. The molecular formula is C28H29ClN2O4S. The molecule has 0 unspecified atom stereocenters. The molecule has 0 spiro atoms. The normalized spacial score (nSPS) is 15.7. The predicted molar refractivity (Wildman–Crippen MR) is 144 cm³/mol. The van der Waals surface area contributed by atoms with Crippen LogP contribution in [0.5, 0.6) is 11.5 Å². The summed E-state index contributed by atoms with van der Waals surface area (Å²) in [6.45, 7) is 2.65. The lowest BCUT2D eigenvalue weighted by atomic mass is 10.0. The summed E-state index contributed by atoms with van der Waals surface area (Å²) in [5.74, 6) is 0.569. The molecule has 0 radical (unpaired) electrons. The molecular weight excluding hydrogens is 496 g/mol. The molecule has 4 rings (SSSR count). The van der Waals surface area contributed by atoms with E-state index in [2.05, 4.69) is 5.32 Å². The second kappa shape index (κ2) is 11.7. The van der Waals surface area contributed by atoms with Gasteiger partial charge in [0, 0.05) is 16.5 Å². The number of nitrogens with zero attached hydrogens (tertiary/aromatic N) is 1. The van der Waals surface area contributed by atoms with Gasteiger partial charge in [0.05, 0.1) is 32.4 Å². The summed E-state index contributed by atoms with van der Waals surface area (Å²) in [6.07, 6.45) is 0.633. The van der Waals surface area contributed by atoms with Crippen LogP contribution in [-0.2, 0) is 22.6 Å². The molecule has 0 fully saturated rings. The van der Waals surface area contributed by atoms with Crippen molar-refractivity contribution in [2.75, 3.05) is 25.7 Å². The number of thioether (sulfide) groups is 1. The quantitative estimate of drug-likeness (QED) is 0.408. The fraction of sp³-hybridized carbons (Fsp3) is 0.286. The van der Waals surface area contributed by atoms with Crippen molar-refractivity contribution in [3.63, 3.8) is 0 Å². The van der Waals surface area contributed by atoms with Crippen molar-refractivity contribution in [2.45, 2.75) is 30.0 Å². The number of para-hydroxylation sites is 1. The van der Waals surface area contributed by atoms with Crippen LogP contribution in [0.2, 0.25) is 5.02 Å². The lowest BCUT2D eigenvalue weighted by Crippen LogP contribution is -2.47. The van der Waals surface area contributed by atoms with Gasteiger partial charge >= 0.3 is 0 Å². The zero-order valence-corrected chi connectivity index (χ0v) is 22.1. The molecule has 2 amide bonds. The van der Waals surface area contributed by atoms with Gasteiger partial charge in [-0.1, -0.05) is 48.9 Å². The number of halogens is 1. The maximum absolute atomic E-state index is 13.6. The number of hydrogen-bond acceptors (Lipinski definition) is 5. The zero-order valence-electron chi connectivity index (χ0n) is 20.5. The largest absolute Gasteiger partial charge is 0.493 e. The third-order valence-electron chi connectivity index (χ3n) is 6.18. The van der Waals surface area contributed by atoms with Crippen LogP contribution in [-0.4, -0.2) is 37.8 Å². The van der Waals surface area contributed by atoms with Gasteiger partial charge in [-0.25, -0.2) is 0 Å². The number of carbonyl (C=O) groups excluding carboxylic acids is 2. The van der Waals surface area contributed by atoms with Crippen LogP contribution in [0, 0.1) is 5.92 Å². The first kappa shape index (κ1) is 25.9. The van der Waals surface area contributed by atoms with Crippen LogP contribution >= 0.6 is 23.4 Å². The summed E-state index contributed by atoms with van der Waals surface area (Å²) in [7, 11) is 3.19. The van der Waals surface area contributed by atoms with Gasteiger partial charge in [-0.05, 0) is 53.9 Å². The third-order valence-corrected chi connectivity index (χ3v) is 7.88. The molecule has 1 aliphatic rings. The van der Waals surface area contributed by atoms with Crippen molar-refractivity contribution < 1.29 is 19.1 Å². The first-order valence-electron chi connectivity index (χ1n) is 11.7. The molecule has 1 heterocycles. The van der Waals surface area contributed by atoms with E-state index in [-0.39, 0.29) is 11.8 Å². The lowest BCUT2D eigenvalue weighted by molar-refractivity contribution is -0.128. The molecule has 188 valence electrons. The summed E-state index contributed by atoms with van der Waals surface area (Å²) >= 11 is 7.62. The van der Waals surface area contributed by atoms with E-state index >= 15 is 0 Å². The van der Waals surface area contributed by atoms with Crippen LogP contribution in [0.4, 0.5) is 5.69 Å². The average molecular weight is 525 g/mol. The Balaban J connectivity index is 1.44. The SMILES string of the molecule is COc1ccc(CCNC(=O)[C@@H](C)[C@@H]2Sc3ccccc3N(Cc3cccc(Cl)c3)C2=O)cc1OC. The lowest BCUT2D eigenvalue weighted by Gasteiger charge is -2.35. The van der Waals surface area contributed by atoms with Gasteiger partial charge in [-0.3, -0.25) is 9.59 Å². The number of nitrogens with one attached hydrogen (secondary N) is 1. The highest BCUT2D eigenvalue weighted by atomic mass is 35.5. The van der Waals surface area contributed by atoms with Crippen molar-refractivity contribution in [1.29, 1.82) is 0 Å². The fourth-order valence-corrected chi connectivity index (χ4v) is 5.70. The molecule has 0 aliphatic carbocycles. The third kappa shape index (κ3) is 5.79. The minimum Gasteiger partial charge on any atom is -0.493 e. The number of methoxy groups -OCH3 is 2. The number of hydrogen-bond donors (Lipinski definition) is 1. The average Bonchev–Trinajstić information content (AvgIpc) is 2.89. The molecule has 6 nitrogen and oxygen atoms in total. The molecule has 8 heteroatoms. The van der Waals surface area contributed by atoms with Crippen LogP contribution in [0.25, 0.3) is 0 Å². The van der Waals surface area contributed by atoms with Crippen LogP contribution in [0.15, 0.2) is 71.6 Å². The molecule has 36 heavy (non-hydrogen) atoms. The number of rotatable bonds is 9. The number of fused-ring (bicyclic) bond motifs is 1. The summed E-state index contributed by atoms with van der Waals surface area (Å²) < 4.78 is 10.6. The maximum Gasteiger partial charge on any atom is 0.241 e. The Morgan fingerprint density at radius 3 is 2.56 bits per heavy atom. The van der Waals surface area contributed by atoms with Gasteiger partial charge in [-0.15, -0.1) is 11.8 Å². The zero-order chi connectivity index (χ0) is 25.7. The van der Waals surface area contributed by atoms with E-state index in [1.807, 2.05) is 73.7 Å². The summed E-state index contributed by atoms with van der Waals surface area (Å²) in [5.41, 5.74) is 2.80. The Labute approximate surface area is 220 Å². The maximum atomic E-state index is 13.6. The minimum absolute atomic E-state index is 0.0822. The van der Waals surface area contributed by atoms with E-state index in [1.165, 1.54) is 11.8 Å². The minimum atomic E-state index is -0.528. The van der Waals surface area contributed by atoms with Gasteiger partial charge in [0.25, 0.3) is 0 Å². The van der Waals surface area contributed by atoms with Crippen LogP contribution in [0.1, 0.15) is 18.1 Å². The topological polar surface area (TPSA) is 67.9 Å². The first-order valence-corrected chi connectivity index (χ1v) is 13.0. The summed E-state index contributed by atoms with van der Waals surface area (Å²) in [4.78, 5) is 29.4. The van der Waals surface area contributed by atoms with Gasteiger partial charge in [-0.2, -0.15) is 0 Å². The van der Waals surface area contributed by atoms with Gasteiger partial charge < -0.3 is 19.7 Å². The van der Waals surface area contributed by atoms with E-state index in [0.717, 1.165) is 21.7 Å². The standard InChI is InChI=1S/C28H29ClN2O4S/c1-18(27(32)30-14-13-19-11-12-23(34-2)24(16-19)35-3)26-28(33)31(17-20-7-6-8-21(29)15-20)22-9-4-5-10-25(22)36-26/h4-12,15-16,18,26H,13-14,17H2,1-3H3,(H,30,32)/t18-,26-/m0/s1. The molecule has 0 bridgehead atoms. The second-order valence-corrected chi connectivity index (χ2v) is 10.2. The Kier molecular flexibility index (Phi) is 8.44. The van der Waals surface area contributed by atoms with Crippen molar-refractivity contribution in [3.05, 3.63) is 82.9 Å². The summed E-state index contributed by atoms with van der Waals surface area (Å²) in [5, 5.41) is 3.09. The highest BCUT2D eigenvalue weighted by Gasteiger charge is 2.39. The van der Waals surface area contributed by atoms with Gasteiger partial charge in [0.2, 0.25) is 11.8 Å². The smallest absolute Gasteiger partial charge is 0.241 e. The van der Waals surface area contributed by atoms with Gasteiger partial charge in [0.1, 0.15) is 5.25 Å². The number of amides is 2. The number of anilines is 1. The number of ether oxygens (including phenoxy) is 2. The van der Waals surface area contributed by atoms with Gasteiger partial charge in [0.15, 0.2) is 11.5 Å². The molecule has 2 atom stereocenters. The Bertz CT molecular complexity index is 1250. The van der Waals surface area contributed by atoms with Crippen molar-refractivity contribution >= 4 is 40.9 Å². The fourth-order valence-electron chi connectivity index (χ4n) is 4.20. The first-order chi connectivity index (χ1) is 17.4. The van der Waals surface area contributed by atoms with E-state index in [4.69, 9.17) is 21.1 Å². The molecule has 0 saturated heterocycles. The molecule has 0 saturated carbocycles. The van der Waals surface area contributed by atoms with E-state index in [0.29, 0.717) is 36.0 Å². The molecule has 1 aliphatic heterocycles. The van der Waals surface area contributed by atoms with Crippen molar-refractivity contribution in [2.24, 2.45) is 5.92 Å². The van der Waals surface area contributed by atoms with E-state index in [1.54, 1.807) is 19.1 Å². The number of benzene rings is 3. The highest BCUT2D eigenvalue weighted by Crippen LogP contribution is 2.42.